The second kappa shape index (κ2) is 5.85. The molecule has 7 heteroatoms. The minimum absolute atomic E-state index is 0.105. The van der Waals surface area contributed by atoms with Gasteiger partial charge in [0.05, 0.1) is 6.61 Å². The first-order valence-electron chi connectivity index (χ1n) is 5.81. The van der Waals surface area contributed by atoms with Crippen molar-refractivity contribution in [3.8, 4) is 0 Å². The third-order valence-corrected chi connectivity index (χ3v) is 2.92. The van der Waals surface area contributed by atoms with Crippen LogP contribution in [0.1, 0.15) is 16.8 Å². The molecule has 0 saturated carbocycles. The molecule has 0 unspecified atom stereocenters. The van der Waals surface area contributed by atoms with Crippen molar-refractivity contribution in [3.05, 3.63) is 35.0 Å². The maximum atomic E-state index is 11.9. The summed E-state index contributed by atoms with van der Waals surface area (Å²) in [6, 6.07) is 5.01. The predicted octanol–water partition coefficient (Wildman–Crippen LogP) is 3.97. The molecule has 1 aromatic carbocycles. The second-order valence-corrected chi connectivity index (χ2v) is 4.67. The Labute approximate surface area is 117 Å². The molecule has 20 heavy (non-hydrogen) atoms. The number of nitrogens with one attached hydrogen (secondary N) is 1. The van der Waals surface area contributed by atoms with E-state index in [-0.39, 0.29) is 18.8 Å². The number of carbonyl (C=O) groups excluding carboxylic acids is 1. The summed E-state index contributed by atoms with van der Waals surface area (Å²) in [6.45, 7) is -1.61. The molecule has 0 bridgehead atoms. The molecular weight excluding hydrogens is 295 g/mol. The van der Waals surface area contributed by atoms with Crippen LogP contribution in [0.4, 0.5) is 13.2 Å². The minimum atomic E-state index is -4.37. The molecule has 0 saturated heterocycles. The summed E-state index contributed by atoms with van der Waals surface area (Å²) in [5.41, 5.74) is 1.13. The number of alkyl halides is 3. The van der Waals surface area contributed by atoms with E-state index in [1.165, 1.54) is 6.20 Å². The van der Waals surface area contributed by atoms with Crippen molar-refractivity contribution < 1.29 is 22.7 Å². The first-order valence-corrected chi connectivity index (χ1v) is 6.19. The number of rotatable bonds is 5. The average molecular weight is 306 g/mol. The molecule has 0 atom stereocenters. The van der Waals surface area contributed by atoms with Crippen molar-refractivity contribution in [3.63, 3.8) is 0 Å². The summed E-state index contributed by atoms with van der Waals surface area (Å²) >= 11 is 5.82. The molecule has 1 heterocycles. The fourth-order valence-electron chi connectivity index (χ4n) is 1.82. The SMILES string of the molecule is O=C(CCOCC(F)(F)F)c1c[nH]c2cc(Cl)ccc12. The molecule has 0 aliphatic carbocycles. The van der Waals surface area contributed by atoms with Gasteiger partial charge in [0.15, 0.2) is 5.78 Å². The smallest absolute Gasteiger partial charge is 0.372 e. The van der Waals surface area contributed by atoms with E-state index in [9.17, 15) is 18.0 Å². The number of fused-ring (bicyclic) bond motifs is 1. The Morgan fingerprint density at radius 1 is 1.35 bits per heavy atom. The van der Waals surface area contributed by atoms with E-state index < -0.39 is 12.8 Å². The van der Waals surface area contributed by atoms with E-state index in [2.05, 4.69) is 9.72 Å². The number of halogens is 4. The van der Waals surface area contributed by atoms with Gasteiger partial charge in [-0.15, -0.1) is 0 Å². The van der Waals surface area contributed by atoms with Gasteiger partial charge in [0.1, 0.15) is 6.61 Å². The van der Waals surface area contributed by atoms with Gasteiger partial charge in [0.2, 0.25) is 0 Å². The van der Waals surface area contributed by atoms with Gasteiger partial charge >= 0.3 is 6.18 Å². The zero-order valence-electron chi connectivity index (χ0n) is 10.3. The van der Waals surface area contributed by atoms with Gasteiger partial charge < -0.3 is 9.72 Å². The van der Waals surface area contributed by atoms with Crippen LogP contribution in [0.2, 0.25) is 5.02 Å². The number of benzene rings is 1. The van der Waals surface area contributed by atoms with Crippen molar-refractivity contribution in [2.45, 2.75) is 12.6 Å². The van der Waals surface area contributed by atoms with Crippen molar-refractivity contribution in [1.29, 1.82) is 0 Å². The first-order chi connectivity index (χ1) is 9.37. The van der Waals surface area contributed by atoms with Crippen molar-refractivity contribution in [2.24, 2.45) is 0 Å². The molecule has 0 spiro atoms. The molecule has 0 radical (unpaired) electrons. The molecule has 0 amide bonds. The monoisotopic (exact) mass is 305 g/mol. The lowest BCUT2D eigenvalue weighted by atomic mass is 10.1. The van der Waals surface area contributed by atoms with Gasteiger partial charge in [-0.05, 0) is 12.1 Å². The normalized spacial score (nSPS) is 12.0. The Kier molecular flexibility index (Phi) is 4.35. The maximum Gasteiger partial charge on any atom is 0.411 e. The number of H-pyrrole nitrogens is 1. The van der Waals surface area contributed by atoms with E-state index in [0.717, 1.165) is 0 Å². The molecule has 2 aromatic rings. The topological polar surface area (TPSA) is 42.1 Å². The summed E-state index contributed by atoms with van der Waals surface area (Å²) in [7, 11) is 0. The lowest BCUT2D eigenvalue weighted by molar-refractivity contribution is -0.173. The van der Waals surface area contributed by atoms with E-state index in [1.54, 1.807) is 18.2 Å². The number of hydrogen-bond acceptors (Lipinski definition) is 2. The lowest BCUT2D eigenvalue weighted by Gasteiger charge is -2.06. The van der Waals surface area contributed by atoms with Crippen molar-refractivity contribution in [1.82, 2.24) is 4.98 Å². The van der Waals surface area contributed by atoms with Gasteiger partial charge in [-0.1, -0.05) is 17.7 Å². The van der Waals surface area contributed by atoms with Crippen LogP contribution in [-0.2, 0) is 4.74 Å². The van der Waals surface area contributed by atoms with Crippen molar-refractivity contribution >= 4 is 28.3 Å². The molecule has 2 rings (SSSR count). The van der Waals surface area contributed by atoms with Gasteiger partial charge in [-0.25, -0.2) is 0 Å². The zero-order chi connectivity index (χ0) is 14.8. The van der Waals surface area contributed by atoms with Crippen LogP contribution >= 0.6 is 11.6 Å². The summed E-state index contributed by atoms with van der Waals surface area (Å²) in [4.78, 5) is 14.8. The van der Waals surface area contributed by atoms with Crippen LogP contribution in [0, 0.1) is 0 Å². The molecule has 0 aliphatic heterocycles. The fourth-order valence-corrected chi connectivity index (χ4v) is 1.99. The lowest BCUT2D eigenvalue weighted by Crippen LogP contribution is -2.18. The number of Topliss-reactive ketones (excluding diaryl/α,β-unsaturated/α-hetero) is 1. The van der Waals surface area contributed by atoms with Crippen molar-refractivity contribution in [2.75, 3.05) is 13.2 Å². The molecule has 1 N–H and O–H groups in total. The molecule has 3 nitrogen and oxygen atoms in total. The van der Waals surface area contributed by atoms with Crippen LogP contribution in [0.5, 0.6) is 0 Å². The number of ether oxygens (including phenoxy) is 1. The zero-order valence-corrected chi connectivity index (χ0v) is 11.0. The van der Waals surface area contributed by atoms with Crippen LogP contribution < -0.4 is 0 Å². The Bertz CT molecular complexity index is 622. The van der Waals surface area contributed by atoms with Crippen LogP contribution in [-0.4, -0.2) is 30.2 Å². The molecular formula is C13H11ClF3NO2. The standard InChI is InChI=1S/C13H11ClF3NO2/c14-8-1-2-9-10(6-18-11(9)5-8)12(19)3-4-20-7-13(15,16)17/h1-2,5-6,18H,3-4,7H2. The third kappa shape index (κ3) is 3.74. The first kappa shape index (κ1) is 14.9. The highest BCUT2D eigenvalue weighted by Gasteiger charge is 2.27. The van der Waals surface area contributed by atoms with Gasteiger partial charge in [-0.2, -0.15) is 13.2 Å². The summed E-state index contributed by atoms with van der Waals surface area (Å²) in [5.74, 6) is -0.277. The van der Waals surface area contributed by atoms with Gasteiger partial charge in [0.25, 0.3) is 0 Å². The van der Waals surface area contributed by atoms with Gasteiger partial charge in [0, 0.05) is 34.1 Å². The van der Waals surface area contributed by atoms with Crippen LogP contribution in [0.15, 0.2) is 24.4 Å². The summed E-state index contributed by atoms with van der Waals surface area (Å²) < 4.78 is 40.0. The number of aromatic nitrogens is 1. The highest BCUT2D eigenvalue weighted by atomic mass is 35.5. The minimum Gasteiger partial charge on any atom is -0.372 e. The second-order valence-electron chi connectivity index (χ2n) is 4.23. The van der Waals surface area contributed by atoms with Crippen LogP contribution in [0.3, 0.4) is 0 Å². The quantitative estimate of drug-likeness (QED) is 0.671. The Balaban J connectivity index is 1.98. The van der Waals surface area contributed by atoms with Crippen LogP contribution in [0.25, 0.3) is 10.9 Å². The number of ketones is 1. The predicted molar refractivity (Wildman–Crippen MR) is 69.1 cm³/mol. The number of hydrogen-bond donors (Lipinski definition) is 1. The number of carbonyl (C=O) groups is 1. The Hall–Kier alpha value is -1.53. The maximum absolute atomic E-state index is 11.9. The van der Waals surface area contributed by atoms with E-state index in [0.29, 0.717) is 21.5 Å². The third-order valence-electron chi connectivity index (χ3n) is 2.68. The molecule has 108 valence electrons. The molecule has 0 aliphatic rings. The van der Waals surface area contributed by atoms with E-state index in [1.807, 2.05) is 0 Å². The summed E-state index contributed by atoms with van der Waals surface area (Å²) in [6.07, 6.45) is -2.96. The molecule has 1 aromatic heterocycles. The van der Waals surface area contributed by atoms with E-state index >= 15 is 0 Å². The highest BCUT2D eigenvalue weighted by Crippen LogP contribution is 2.23. The van der Waals surface area contributed by atoms with Gasteiger partial charge in [-0.3, -0.25) is 4.79 Å². The summed E-state index contributed by atoms with van der Waals surface area (Å²) in [5, 5.41) is 1.22. The fraction of sp³-hybridized carbons (Fsp3) is 0.308. The largest absolute Gasteiger partial charge is 0.411 e. The Morgan fingerprint density at radius 3 is 2.80 bits per heavy atom. The van der Waals surface area contributed by atoms with E-state index in [4.69, 9.17) is 11.6 Å². The highest BCUT2D eigenvalue weighted by molar-refractivity contribution is 6.31. The average Bonchev–Trinajstić information content (AvgIpc) is 2.76. The molecule has 0 fully saturated rings. The number of aromatic amines is 1. The Morgan fingerprint density at radius 2 is 2.10 bits per heavy atom.